The van der Waals surface area contributed by atoms with Gasteiger partial charge in [-0.15, -0.1) is 0 Å². The first-order valence-electron chi connectivity index (χ1n) is 6.36. The SMILES string of the molecule is O=S(=O)(Nc1ccc2c(c1)OCO2)c1ccccc1C(F)(F)F. The van der Waals surface area contributed by atoms with Gasteiger partial charge in [0.1, 0.15) is 0 Å². The zero-order chi connectivity index (χ0) is 16.7. The zero-order valence-corrected chi connectivity index (χ0v) is 12.2. The van der Waals surface area contributed by atoms with Crippen molar-refractivity contribution in [1.82, 2.24) is 0 Å². The number of anilines is 1. The Morgan fingerprint density at radius 1 is 1.00 bits per heavy atom. The molecule has 0 saturated carbocycles. The number of hydrogen-bond donors (Lipinski definition) is 1. The minimum Gasteiger partial charge on any atom is -0.454 e. The van der Waals surface area contributed by atoms with Crippen molar-refractivity contribution >= 4 is 15.7 Å². The molecule has 0 atom stereocenters. The Bertz CT molecular complexity index is 849. The lowest BCUT2D eigenvalue weighted by Crippen LogP contribution is -2.18. The van der Waals surface area contributed by atoms with Gasteiger partial charge in [-0.05, 0) is 24.3 Å². The van der Waals surface area contributed by atoms with Crippen LogP contribution in [0.25, 0.3) is 0 Å². The molecule has 1 N–H and O–H groups in total. The van der Waals surface area contributed by atoms with E-state index in [9.17, 15) is 21.6 Å². The van der Waals surface area contributed by atoms with E-state index < -0.39 is 26.7 Å². The van der Waals surface area contributed by atoms with Crippen LogP contribution in [0, 0.1) is 0 Å². The molecule has 0 saturated heterocycles. The molecule has 5 nitrogen and oxygen atoms in total. The fourth-order valence-electron chi connectivity index (χ4n) is 2.11. The number of halogens is 3. The molecular weight excluding hydrogens is 335 g/mol. The van der Waals surface area contributed by atoms with Gasteiger partial charge >= 0.3 is 6.18 Å². The van der Waals surface area contributed by atoms with Gasteiger partial charge in [-0.25, -0.2) is 8.42 Å². The minimum atomic E-state index is -4.78. The average molecular weight is 345 g/mol. The van der Waals surface area contributed by atoms with Crippen molar-refractivity contribution in [1.29, 1.82) is 0 Å². The lowest BCUT2D eigenvalue weighted by atomic mass is 10.2. The molecule has 9 heteroatoms. The average Bonchev–Trinajstić information content (AvgIpc) is 2.93. The fraction of sp³-hybridized carbons (Fsp3) is 0.143. The monoisotopic (exact) mass is 345 g/mol. The van der Waals surface area contributed by atoms with Crippen molar-refractivity contribution in [2.24, 2.45) is 0 Å². The second kappa shape index (κ2) is 5.34. The van der Waals surface area contributed by atoms with Gasteiger partial charge in [0, 0.05) is 6.07 Å². The maximum absolute atomic E-state index is 13.0. The molecule has 0 aromatic heterocycles. The van der Waals surface area contributed by atoms with Gasteiger partial charge in [-0.3, -0.25) is 4.72 Å². The van der Waals surface area contributed by atoms with Crippen molar-refractivity contribution in [3.63, 3.8) is 0 Å². The molecule has 0 amide bonds. The Morgan fingerprint density at radius 3 is 2.43 bits per heavy atom. The van der Waals surface area contributed by atoms with Crippen LogP contribution < -0.4 is 14.2 Å². The van der Waals surface area contributed by atoms with Crippen LogP contribution in [0.4, 0.5) is 18.9 Å². The molecule has 1 aliphatic rings. The lowest BCUT2D eigenvalue weighted by Gasteiger charge is -2.14. The first kappa shape index (κ1) is 15.5. The molecule has 0 radical (unpaired) electrons. The summed E-state index contributed by atoms with van der Waals surface area (Å²) in [6.45, 7) is 0.00242. The van der Waals surface area contributed by atoms with E-state index in [4.69, 9.17) is 9.47 Å². The molecular formula is C14H10F3NO4S. The van der Waals surface area contributed by atoms with Crippen molar-refractivity contribution < 1.29 is 31.1 Å². The number of fused-ring (bicyclic) bond motifs is 1. The van der Waals surface area contributed by atoms with Crippen molar-refractivity contribution in [2.75, 3.05) is 11.5 Å². The first-order chi connectivity index (χ1) is 10.8. The normalized spacial score (nSPS) is 13.9. The standard InChI is InChI=1S/C14H10F3NO4S/c15-14(16,17)10-3-1-2-4-13(10)23(19,20)18-9-5-6-11-12(7-9)22-8-21-11/h1-7,18H,8H2. The van der Waals surface area contributed by atoms with Crippen LogP contribution in [-0.2, 0) is 16.2 Å². The zero-order valence-electron chi connectivity index (χ0n) is 11.4. The van der Waals surface area contributed by atoms with Gasteiger partial charge in [-0.2, -0.15) is 13.2 Å². The summed E-state index contributed by atoms with van der Waals surface area (Å²) >= 11 is 0. The maximum Gasteiger partial charge on any atom is 0.417 e. The molecule has 0 bridgehead atoms. The molecule has 23 heavy (non-hydrogen) atoms. The number of alkyl halides is 3. The van der Waals surface area contributed by atoms with E-state index >= 15 is 0 Å². The molecule has 0 fully saturated rings. The summed E-state index contributed by atoms with van der Waals surface area (Å²) in [4.78, 5) is -0.842. The summed E-state index contributed by atoms with van der Waals surface area (Å²) in [5.41, 5.74) is -1.15. The topological polar surface area (TPSA) is 64.6 Å². The molecule has 2 aromatic rings. The minimum absolute atomic E-state index is 0.00242. The van der Waals surface area contributed by atoms with Gasteiger partial charge < -0.3 is 9.47 Å². The van der Waals surface area contributed by atoms with E-state index in [-0.39, 0.29) is 12.5 Å². The molecule has 0 unspecified atom stereocenters. The molecule has 1 aliphatic heterocycles. The van der Waals surface area contributed by atoms with Crippen molar-refractivity contribution in [2.45, 2.75) is 11.1 Å². The highest BCUT2D eigenvalue weighted by atomic mass is 32.2. The Kier molecular flexibility index (Phi) is 3.59. The molecule has 2 aromatic carbocycles. The van der Waals surface area contributed by atoms with Crippen molar-refractivity contribution in [3.8, 4) is 11.5 Å². The van der Waals surface area contributed by atoms with Crippen LogP contribution in [0.2, 0.25) is 0 Å². The number of nitrogens with one attached hydrogen (secondary N) is 1. The lowest BCUT2D eigenvalue weighted by molar-refractivity contribution is -0.139. The Morgan fingerprint density at radius 2 is 1.70 bits per heavy atom. The fourth-order valence-corrected chi connectivity index (χ4v) is 3.38. The van der Waals surface area contributed by atoms with E-state index in [0.29, 0.717) is 17.6 Å². The number of rotatable bonds is 3. The number of benzene rings is 2. The first-order valence-corrected chi connectivity index (χ1v) is 7.84. The van der Waals surface area contributed by atoms with Gasteiger partial charge in [0.2, 0.25) is 6.79 Å². The molecule has 3 rings (SSSR count). The summed E-state index contributed by atoms with van der Waals surface area (Å²) in [5, 5.41) is 0. The van der Waals surface area contributed by atoms with E-state index in [0.717, 1.165) is 12.1 Å². The van der Waals surface area contributed by atoms with Crippen LogP contribution in [0.1, 0.15) is 5.56 Å². The molecule has 1 heterocycles. The van der Waals surface area contributed by atoms with Gasteiger partial charge in [0.05, 0.1) is 16.1 Å². The van der Waals surface area contributed by atoms with Crippen LogP contribution in [0.3, 0.4) is 0 Å². The van der Waals surface area contributed by atoms with Gasteiger partial charge in [0.25, 0.3) is 10.0 Å². The third-order valence-corrected chi connectivity index (χ3v) is 4.55. The van der Waals surface area contributed by atoms with E-state index in [2.05, 4.69) is 4.72 Å². The van der Waals surface area contributed by atoms with Crippen molar-refractivity contribution in [3.05, 3.63) is 48.0 Å². The largest absolute Gasteiger partial charge is 0.454 e. The number of sulfonamides is 1. The quantitative estimate of drug-likeness (QED) is 0.928. The van der Waals surface area contributed by atoms with E-state index in [1.165, 1.54) is 24.3 Å². The van der Waals surface area contributed by atoms with Crippen LogP contribution in [-0.4, -0.2) is 15.2 Å². The second-order valence-corrected chi connectivity index (χ2v) is 6.32. The summed E-state index contributed by atoms with van der Waals surface area (Å²) in [5.74, 6) is 0.748. The maximum atomic E-state index is 13.0. The van der Waals surface area contributed by atoms with Gasteiger partial charge in [0.15, 0.2) is 11.5 Å². The summed E-state index contributed by atoms with van der Waals surface area (Å²) < 4.78 is 75.8. The number of ether oxygens (including phenoxy) is 2. The Hall–Kier alpha value is -2.42. The molecule has 122 valence electrons. The Balaban J connectivity index is 1.97. The smallest absolute Gasteiger partial charge is 0.417 e. The third kappa shape index (κ3) is 3.04. The van der Waals surface area contributed by atoms with Crippen LogP contribution >= 0.6 is 0 Å². The third-order valence-electron chi connectivity index (χ3n) is 3.11. The molecule has 0 spiro atoms. The summed E-state index contributed by atoms with van der Waals surface area (Å²) in [6, 6.07) is 8.16. The predicted octanol–water partition coefficient (Wildman–Crippen LogP) is 3.23. The highest BCUT2D eigenvalue weighted by Gasteiger charge is 2.37. The Labute approximate surface area is 129 Å². The van der Waals surface area contributed by atoms with Crippen LogP contribution in [0.5, 0.6) is 11.5 Å². The van der Waals surface area contributed by atoms with E-state index in [1.54, 1.807) is 0 Å². The molecule has 0 aliphatic carbocycles. The van der Waals surface area contributed by atoms with Crippen LogP contribution in [0.15, 0.2) is 47.4 Å². The highest BCUT2D eigenvalue weighted by Crippen LogP contribution is 2.37. The summed E-state index contributed by atoms with van der Waals surface area (Å²) in [7, 11) is -4.41. The van der Waals surface area contributed by atoms with Gasteiger partial charge in [-0.1, -0.05) is 12.1 Å². The highest BCUT2D eigenvalue weighted by molar-refractivity contribution is 7.92. The van der Waals surface area contributed by atoms with E-state index in [1.807, 2.05) is 0 Å². The summed E-state index contributed by atoms with van der Waals surface area (Å²) in [6.07, 6.45) is -4.78. The second-order valence-electron chi connectivity index (χ2n) is 4.67. The number of hydrogen-bond acceptors (Lipinski definition) is 4. The predicted molar refractivity (Wildman–Crippen MR) is 74.8 cm³/mol.